The third-order valence-corrected chi connectivity index (χ3v) is 2.70. The molecule has 0 atom stereocenters. The molecule has 0 heterocycles. The van der Waals surface area contributed by atoms with Crippen LogP contribution in [-0.2, 0) is 11.2 Å². The van der Waals surface area contributed by atoms with Gasteiger partial charge in [0.15, 0.2) is 0 Å². The third-order valence-electron chi connectivity index (χ3n) is 2.35. The van der Waals surface area contributed by atoms with Gasteiger partial charge in [-0.15, -0.1) is 0 Å². The van der Waals surface area contributed by atoms with Crippen LogP contribution in [0, 0.1) is 0 Å². The number of rotatable bonds is 4. The van der Waals surface area contributed by atoms with E-state index >= 15 is 0 Å². The molecule has 0 fully saturated rings. The van der Waals surface area contributed by atoms with Crippen LogP contribution in [0.2, 0.25) is 5.02 Å². The zero-order valence-corrected chi connectivity index (χ0v) is 10.2. The molecule has 18 heavy (non-hydrogen) atoms. The second-order valence-electron chi connectivity index (χ2n) is 3.74. The number of hydrogen-bond acceptors (Lipinski definition) is 2. The van der Waals surface area contributed by atoms with E-state index in [0.717, 1.165) is 0 Å². The van der Waals surface area contributed by atoms with Crippen LogP contribution >= 0.6 is 11.6 Å². The number of carboxylic acid groups (broad SMARTS) is 1. The Hall–Kier alpha value is -2.00. The Balaban J connectivity index is 2.16. The minimum absolute atomic E-state index is 0.0928. The van der Waals surface area contributed by atoms with Crippen LogP contribution < -0.4 is 4.74 Å². The molecular weight excluding hydrogens is 252 g/mol. The molecule has 0 aliphatic rings. The summed E-state index contributed by atoms with van der Waals surface area (Å²) in [5.41, 5.74) is 0.574. The van der Waals surface area contributed by atoms with E-state index < -0.39 is 5.97 Å². The number of carbonyl (C=O) groups is 1. The summed E-state index contributed by atoms with van der Waals surface area (Å²) in [6.45, 7) is 0. The van der Waals surface area contributed by atoms with E-state index in [1.165, 1.54) is 0 Å². The number of para-hydroxylation sites is 1. The van der Waals surface area contributed by atoms with Gasteiger partial charge in [-0.05, 0) is 29.8 Å². The zero-order chi connectivity index (χ0) is 13.0. The highest BCUT2D eigenvalue weighted by Gasteiger charge is 2.07. The van der Waals surface area contributed by atoms with Crippen molar-refractivity contribution >= 4 is 17.6 Å². The van der Waals surface area contributed by atoms with Crippen molar-refractivity contribution in [3.63, 3.8) is 0 Å². The number of ether oxygens (including phenoxy) is 1. The summed E-state index contributed by atoms with van der Waals surface area (Å²) in [4.78, 5) is 10.6. The molecule has 0 saturated heterocycles. The average Bonchev–Trinajstić information content (AvgIpc) is 2.33. The van der Waals surface area contributed by atoms with Gasteiger partial charge in [0, 0.05) is 5.02 Å². The predicted molar refractivity (Wildman–Crippen MR) is 69.3 cm³/mol. The molecule has 92 valence electrons. The Bertz CT molecular complexity index is 552. The average molecular weight is 263 g/mol. The van der Waals surface area contributed by atoms with E-state index in [-0.39, 0.29) is 6.42 Å². The van der Waals surface area contributed by atoms with E-state index in [0.29, 0.717) is 22.1 Å². The lowest BCUT2D eigenvalue weighted by atomic mass is 10.1. The summed E-state index contributed by atoms with van der Waals surface area (Å²) in [6.07, 6.45) is -0.0928. The lowest BCUT2D eigenvalue weighted by Gasteiger charge is -2.07. The predicted octanol–water partition coefficient (Wildman–Crippen LogP) is 3.76. The third kappa shape index (κ3) is 3.25. The Labute approximate surface area is 110 Å². The van der Waals surface area contributed by atoms with E-state index in [2.05, 4.69) is 0 Å². The Morgan fingerprint density at radius 3 is 2.44 bits per heavy atom. The topological polar surface area (TPSA) is 46.5 Å². The van der Waals surface area contributed by atoms with Crippen molar-refractivity contribution in [1.82, 2.24) is 0 Å². The van der Waals surface area contributed by atoms with Gasteiger partial charge < -0.3 is 9.84 Å². The minimum atomic E-state index is -0.909. The van der Waals surface area contributed by atoms with Crippen LogP contribution in [-0.4, -0.2) is 11.1 Å². The van der Waals surface area contributed by atoms with Crippen LogP contribution in [0.25, 0.3) is 0 Å². The maximum absolute atomic E-state index is 10.6. The van der Waals surface area contributed by atoms with Gasteiger partial charge in [0.1, 0.15) is 11.5 Å². The van der Waals surface area contributed by atoms with Crippen molar-refractivity contribution in [2.45, 2.75) is 6.42 Å². The van der Waals surface area contributed by atoms with Crippen LogP contribution in [0.3, 0.4) is 0 Å². The fourth-order valence-electron chi connectivity index (χ4n) is 1.52. The number of carboxylic acids is 1. The Kier molecular flexibility index (Phi) is 3.85. The van der Waals surface area contributed by atoms with Crippen LogP contribution in [0.1, 0.15) is 5.56 Å². The van der Waals surface area contributed by atoms with Gasteiger partial charge in [-0.3, -0.25) is 4.79 Å². The van der Waals surface area contributed by atoms with Crippen molar-refractivity contribution in [2.75, 3.05) is 0 Å². The lowest BCUT2D eigenvalue weighted by Crippen LogP contribution is -2.00. The first-order chi connectivity index (χ1) is 8.65. The first-order valence-corrected chi connectivity index (χ1v) is 5.76. The molecule has 3 nitrogen and oxygen atoms in total. The number of aliphatic carboxylic acids is 1. The molecular formula is C14H11ClO3. The zero-order valence-electron chi connectivity index (χ0n) is 9.47. The smallest absolute Gasteiger partial charge is 0.307 e. The van der Waals surface area contributed by atoms with E-state index in [1.54, 1.807) is 18.2 Å². The molecule has 0 radical (unpaired) electrons. The summed E-state index contributed by atoms with van der Waals surface area (Å²) >= 11 is 6.00. The molecule has 4 heteroatoms. The second kappa shape index (κ2) is 5.56. The van der Waals surface area contributed by atoms with Crippen molar-refractivity contribution < 1.29 is 14.6 Å². The minimum Gasteiger partial charge on any atom is -0.481 e. The van der Waals surface area contributed by atoms with Crippen molar-refractivity contribution in [3.05, 3.63) is 59.1 Å². The first kappa shape index (κ1) is 12.5. The van der Waals surface area contributed by atoms with Gasteiger partial charge >= 0.3 is 5.97 Å². The molecule has 0 bridgehead atoms. The summed E-state index contributed by atoms with van der Waals surface area (Å²) in [6, 6.07) is 14.3. The molecule has 0 aliphatic carbocycles. The van der Waals surface area contributed by atoms with Gasteiger partial charge in [-0.25, -0.2) is 0 Å². The van der Waals surface area contributed by atoms with Gasteiger partial charge in [-0.2, -0.15) is 0 Å². The summed E-state index contributed by atoms with van der Waals surface area (Å²) < 4.78 is 5.59. The highest BCUT2D eigenvalue weighted by atomic mass is 35.5. The fraction of sp³-hybridized carbons (Fsp3) is 0.0714. The van der Waals surface area contributed by atoms with E-state index in [4.69, 9.17) is 21.4 Å². The molecule has 2 aromatic carbocycles. The van der Waals surface area contributed by atoms with Crippen LogP contribution in [0.5, 0.6) is 11.5 Å². The Morgan fingerprint density at radius 1 is 1.11 bits per heavy atom. The van der Waals surface area contributed by atoms with Crippen molar-refractivity contribution in [2.24, 2.45) is 0 Å². The SMILES string of the molecule is O=C(O)Cc1ccc(Oc2ccccc2)cc1Cl. The highest BCUT2D eigenvalue weighted by molar-refractivity contribution is 6.31. The number of halogens is 1. The van der Waals surface area contributed by atoms with Gasteiger partial charge in [0.05, 0.1) is 6.42 Å². The monoisotopic (exact) mass is 262 g/mol. The summed E-state index contributed by atoms with van der Waals surface area (Å²) in [5.74, 6) is 0.383. The van der Waals surface area contributed by atoms with Gasteiger partial charge in [0.25, 0.3) is 0 Å². The standard InChI is InChI=1S/C14H11ClO3/c15-13-9-12(7-6-10(13)8-14(16)17)18-11-4-2-1-3-5-11/h1-7,9H,8H2,(H,16,17). The maximum Gasteiger partial charge on any atom is 0.307 e. The van der Waals surface area contributed by atoms with Crippen LogP contribution in [0.4, 0.5) is 0 Å². The summed E-state index contributed by atoms with van der Waals surface area (Å²) in [5, 5.41) is 9.10. The molecule has 2 rings (SSSR count). The second-order valence-corrected chi connectivity index (χ2v) is 4.15. The fourth-order valence-corrected chi connectivity index (χ4v) is 1.76. The van der Waals surface area contributed by atoms with Gasteiger partial charge in [0.2, 0.25) is 0 Å². The number of benzene rings is 2. The highest BCUT2D eigenvalue weighted by Crippen LogP contribution is 2.26. The first-order valence-electron chi connectivity index (χ1n) is 5.38. The quantitative estimate of drug-likeness (QED) is 0.913. The molecule has 0 unspecified atom stereocenters. The van der Waals surface area contributed by atoms with Gasteiger partial charge in [-0.1, -0.05) is 35.9 Å². The largest absolute Gasteiger partial charge is 0.481 e. The van der Waals surface area contributed by atoms with Crippen molar-refractivity contribution in [1.29, 1.82) is 0 Å². The van der Waals surface area contributed by atoms with E-state index in [9.17, 15) is 4.79 Å². The summed E-state index contributed by atoms with van der Waals surface area (Å²) in [7, 11) is 0. The van der Waals surface area contributed by atoms with E-state index in [1.807, 2.05) is 30.3 Å². The molecule has 0 amide bonds. The lowest BCUT2D eigenvalue weighted by molar-refractivity contribution is -0.136. The van der Waals surface area contributed by atoms with Crippen LogP contribution in [0.15, 0.2) is 48.5 Å². The molecule has 0 spiro atoms. The molecule has 0 saturated carbocycles. The molecule has 2 aromatic rings. The normalized spacial score (nSPS) is 10.1. The van der Waals surface area contributed by atoms with Crippen molar-refractivity contribution in [3.8, 4) is 11.5 Å². The molecule has 0 aliphatic heterocycles. The number of hydrogen-bond donors (Lipinski definition) is 1. The maximum atomic E-state index is 10.6. The molecule has 0 aromatic heterocycles. The molecule has 1 N–H and O–H groups in total. The Morgan fingerprint density at radius 2 is 1.83 bits per heavy atom.